The second-order valence-corrected chi connectivity index (χ2v) is 5.85. The summed E-state index contributed by atoms with van der Waals surface area (Å²) in [5, 5.41) is 9.24. The fourth-order valence-electron chi connectivity index (χ4n) is 2.20. The van der Waals surface area contributed by atoms with E-state index in [0.29, 0.717) is 12.0 Å². The highest BCUT2D eigenvalue weighted by atomic mass is 79.9. The van der Waals surface area contributed by atoms with Crippen LogP contribution in [-0.2, 0) is 6.42 Å². The number of benzene rings is 1. The van der Waals surface area contributed by atoms with Gasteiger partial charge in [-0.15, -0.1) is 0 Å². The summed E-state index contributed by atoms with van der Waals surface area (Å²) in [4.78, 5) is 8.41. The van der Waals surface area contributed by atoms with E-state index in [1.807, 2.05) is 32.9 Å². The van der Waals surface area contributed by atoms with Gasteiger partial charge in [0, 0.05) is 6.42 Å². The molecule has 0 aliphatic rings. The van der Waals surface area contributed by atoms with Crippen LogP contribution >= 0.6 is 27.5 Å². The lowest BCUT2D eigenvalue weighted by Crippen LogP contribution is -2.02. The van der Waals surface area contributed by atoms with Crippen molar-refractivity contribution in [2.75, 3.05) is 0 Å². The Morgan fingerprint density at radius 1 is 1.20 bits per heavy atom. The van der Waals surface area contributed by atoms with E-state index in [1.165, 1.54) is 5.56 Å². The van der Waals surface area contributed by atoms with E-state index in [9.17, 15) is 0 Å². The molecule has 0 N–H and O–H groups in total. The molecule has 2 aromatic rings. The van der Waals surface area contributed by atoms with Crippen LogP contribution in [0, 0.1) is 32.1 Å². The SMILES string of the molecule is Cc1cc(C#N)cc(C)c1Cc1nc(Cl)nc(C)c1Br. The number of hydrogen-bond donors (Lipinski definition) is 0. The number of nitrogens with zero attached hydrogens (tertiary/aromatic N) is 3. The smallest absolute Gasteiger partial charge is 0.222 e. The molecule has 2 rings (SSSR count). The van der Waals surface area contributed by atoms with Gasteiger partial charge in [-0.05, 0) is 77.1 Å². The van der Waals surface area contributed by atoms with Crippen molar-refractivity contribution in [3.63, 3.8) is 0 Å². The van der Waals surface area contributed by atoms with E-state index in [1.54, 1.807) is 0 Å². The average Bonchev–Trinajstić information content (AvgIpc) is 2.38. The first-order chi connectivity index (χ1) is 9.42. The van der Waals surface area contributed by atoms with Crippen molar-refractivity contribution in [2.24, 2.45) is 0 Å². The molecule has 0 aliphatic carbocycles. The maximum Gasteiger partial charge on any atom is 0.222 e. The van der Waals surface area contributed by atoms with Gasteiger partial charge in [0.15, 0.2) is 0 Å². The Kier molecular flexibility index (Phi) is 4.42. The Morgan fingerprint density at radius 3 is 2.35 bits per heavy atom. The third kappa shape index (κ3) is 3.00. The second-order valence-electron chi connectivity index (χ2n) is 4.72. The molecule has 0 spiro atoms. The van der Waals surface area contributed by atoms with E-state index in [2.05, 4.69) is 32.0 Å². The van der Waals surface area contributed by atoms with Gasteiger partial charge in [0.05, 0.1) is 27.5 Å². The Bertz CT molecular complexity index is 697. The lowest BCUT2D eigenvalue weighted by atomic mass is 9.96. The van der Waals surface area contributed by atoms with Crippen LogP contribution in [0.3, 0.4) is 0 Å². The maximum absolute atomic E-state index is 8.99. The van der Waals surface area contributed by atoms with E-state index < -0.39 is 0 Å². The van der Waals surface area contributed by atoms with Gasteiger partial charge in [-0.25, -0.2) is 9.97 Å². The van der Waals surface area contributed by atoms with Crippen molar-refractivity contribution >= 4 is 27.5 Å². The number of nitriles is 1. The molecular formula is C15H13BrClN3. The summed E-state index contributed by atoms with van der Waals surface area (Å²) in [5.74, 6) is 0. The Morgan fingerprint density at radius 2 is 1.80 bits per heavy atom. The molecule has 102 valence electrons. The Hall–Kier alpha value is -1.44. The van der Waals surface area contributed by atoms with Gasteiger partial charge in [0.2, 0.25) is 5.28 Å². The lowest BCUT2D eigenvalue weighted by molar-refractivity contribution is 0.968. The van der Waals surface area contributed by atoms with Crippen LogP contribution in [0.2, 0.25) is 5.28 Å². The minimum absolute atomic E-state index is 0.254. The summed E-state index contributed by atoms with van der Waals surface area (Å²) >= 11 is 9.44. The first-order valence-corrected chi connectivity index (χ1v) is 7.28. The van der Waals surface area contributed by atoms with Crippen molar-refractivity contribution in [3.05, 3.63) is 55.5 Å². The largest absolute Gasteiger partial charge is 0.222 e. The molecule has 0 unspecified atom stereocenters. The molecule has 0 amide bonds. The van der Waals surface area contributed by atoms with Crippen LogP contribution in [0.15, 0.2) is 16.6 Å². The van der Waals surface area contributed by atoms with Gasteiger partial charge in [-0.3, -0.25) is 0 Å². The fourth-order valence-corrected chi connectivity index (χ4v) is 2.75. The minimum Gasteiger partial charge on any atom is -0.222 e. The first kappa shape index (κ1) is 15.0. The van der Waals surface area contributed by atoms with Gasteiger partial charge in [0.25, 0.3) is 0 Å². The fraction of sp³-hybridized carbons (Fsp3) is 0.267. The molecule has 20 heavy (non-hydrogen) atoms. The molecule has 3 nitrogen and oxygen atoms in total. The zero-order valence-corrected chi connectivity index (χ0v) is 13.8. The number of aromatic nitrogens is 2. The number of hydrogen-bond acceptors (Lipinski definition) is 3. The summed E-state index contributed by atoms with van der Waals surface area (Å²) in [5.41, 5.74) is 5.70. The Labute approximate surface area is 131 Å². The third-order valence-electron chi connectivity index (χ3n) is 3.23. The van der Waals surface area contributed by atoms with Crippen molar-refractivity contribution in [1.82, 2.24) is 9.97 Å². The molecule has 0 bridgehead atoms. The molecule has 0 saturated heterocycles. The standard InChI is InChI=1S/C15H13BrClN3/c1-8-4-11(7-18)5-9(2)12(8)6-13-14(16)10(3)19-15(17)20-13/h4-5H,6H2,1-3H3. The van der Waals surface area contributed by atoms with Crippen LogP contribution < -0.4 is 0 Å². The van der Waals surface area contributed by atoms with Crippen LogP contribution in [0.25, 0.3) is 0 Å². The molecule has 5 heteroatoms. The summed E-state index contributed by atoms with van der Waals surface area (Å²) in [6, 6.07) is 5.96. The van der Waals surface area contributed by atoms with Crippen molar-refractivity contribution in [3.8, 4) is 6.07 Å². The predicted octanol–water partition coefficient (Wildman–Crippen LogP) is 4.28. The summed E-state index contributed by atoms with van der Waals surface area (Å²) in [7, 11) is 0. The van der Waals surface area contributed by atoms with Gasteiger partial charge >= 0.3 is 0 Å². The zero-order chi connectivity index (χ0) is 14.9. The third-order valence-corrected chi connectivity index (χ3v) is 4.43. The summed E-state index contributed by atoms with van der Waals surface area (Å²) in [6.45, 7) is 5.90. The van der Waals surface area contributed by atoms with E-state index >= 15 is 0 Å². The Balaban J connectivity index is 2.49. The molecule has 1 heterocycles. The molecule has 0 radical (unpaired) electrons. The summed E-state index contributed by atoms with van der Waals surface area (Å²) in [6.07, 6.45) is 0.660. The number of aryl methyl sites for hydroxylation is 3. The lowest BCUT2D eigenvalue weighted by Gasteiger charge is -2.12. The molecule has 0 aliphatic heterocycles. The van der Waals surface area contributed by atoms with Gasteiger partial charge in [-0.2, -0.15) is 5.26 Å². The molecule has 1 aromatic carbocycles. The summed E-state index contributed by atoms with van der Waals surface area (Å²) < 4.78 is 0.880. The molecular weight excluding hydrogens is 338 g/mol. The van der Waals surface area contributed by atoms with E-state index in [0.717, 1.165) is 27.0 Å². The van der Waals surface area contributed by atoms with Crippen molar-refractivity contribution in [1.29, 1.82) is 5.26 Å². The maximum atomic E-state index is 8.99. The average molecular weight is 351 g/mol. The zero-order valence-electron chi connectivity index (χ0n) is 11.5. The van der Waals surface area contributed by atoms with Gasteiger partial charge < -0.3 is 0 Å². The van der Waals surface area contributed by atoms with Gasteiger partial charge in [0.1, 0.15) is 0 Å². The van der Waals surface area contributed by atoms with Crippen molar-refractivity contribution < 1.29 is 0 Å². The molecule has 0 atom stereocenters. The van der Waals surface area contributed by atoms with Crippen LogP contribution in [0.4, 0.5) is 0 Å². The van der Waals surface area contributed by atoms with E-state index in [4.69, 9.17) is 16.9 Å². The molecule has 0 fully saturated rings. The van der Waals surface area contributed by atoms with Crippen LogP contribution in [0.5, 0.6) is 0 Å². The first-order valence-electron chi connectivity index (χ1n) is 6.11. The van der Waals surface area contributed by atoms with E-state index in [-0.39, 0.29) is 5.28 Å². The topological polar surface area (TPSA) is 49.6 Å². The predicted molar refractivity (Wildman–Crippen MR) is 82.9 cm³/mol. The monoisotopic (exact) mass is 349 g/mol. The normalized spacial score (nSPS) is 10.4. The highest BCUT2D eigenvalue weighted by Crippen LogP contribution is 2.25. The van der Waals surface area contributed by atoms with Gasteiger partial charge in [-0.1, -0.05) is 0 Å². The van der Waals surface area contributed by atoms with Crippen LogP contribution in [0.1, 0.15) is 33.6 Å². The second kappa shape index (κ2) is 5.90. The van der Waals surface area contributed by atoms with Crippen molar-refractivity contribution in [2.45, 2.75) is 27.2 Å². The molecule has 1 aromatic heterocycles. The highest BCUT2D eigenvalue weighted by molar-refractivity contribution is 9.10. The quantitative estimate of drug-likeness (QED) is 0.760. The number of halogens is 2. The molecule has 0 saturated carbocycles. The highest BCUT2D eigenvalue weighted by Gasteiger charge is 2.12. The minimum atomic E-state index is 0.254. The number of rotatable bonds is 2. The van der Waals surface area contributed by atoms with Crippen LogP contribution in [-0.4, -0.2) is 9.97 Å².